The molecule has 118 valence electrons. The molecule has 1 aromatic carbocycles. The highest BCUT2D eigenvalue weighted by Crippen LogP contribution is 2.16. The third-order valence-electron chi connectivity index (χ3n) is 2.66. The van der Waals surface area contributed by atoms with Crippen molar-refractivity contribution >= 4 is 30.0 Å². The smallest absolute Gasteiger partial charge is 0.343 e. The van der Waals surface area contributed by atoms with Crippen LogP contribution in [-0.2, 0) is 14.3 Å². The summed E-state index contributed by atoms with van der Waals surface area (Å²) in [5.41, 5.74) is 0.684. The fraction of sp³-hybridized carbons (Fsp3) is 0.429. The van der Waals surface area contributed by atoms with Crippen LogP contribution < -0.4 is 15.4 Å². The molecule has 0 aliphatic carbocycles. The Morgan fingerprint density at radius 3 is 2.38 bits per heavy atom. The zero-order chi connectivity index (χ0) is 15.0. The van der Waals surface area contributed by atoms with Gasteiger partial charge >= 0.3 is 5.97 Å². The summed E-state index contributed by atoms with van der Waals surface area (Å²) in [6, 6.07) is 6.80. The molecule has 6 nitrogen and oxygen atoms in total. The van der Waals surface area contributed by atoms with Crippen molar-refractivity contribution in [3.63, 3.8) is 0 Å². The van der Waals surface area contributed by atoms with Gasteiger partial charge in [-0.2, -0.15) is 0 Å². The number of esters is 1. The van der Waals surface area contributed by atoms with E-state index >= 15 is 0 Å². The predicted octanol–water partition coefficient (Wildman–Crippen LogP) is 1.45. The van der Waals surface area contributed by atoms with Crippen molar-refractivity contribution in [2.45, 2.75) is 6.92 Å². The van der Waals surface area contributed by atoms with Crippen LogP contribution in [0.25, 0.3) is 0 Å². The van der Waals surface area contributed by atoms with E-state index in [0.717, 1.165) is 0 Å². The number of ether oxygens (including phenoxy) is 2. The van der Waals surface area contributed by atoms with Gasteiger partial charge in [-0.3, -0.25) is 4.79 Å². The molecule has 0 spiro atoms. The molecule has 0 fully saturated rings. The Morgan fingerprint density at radius 2 is 1.86 bits per heavy atom. The van der Waals surface area contributed by atoms with Crippen molar-refractivity contribution in [3.8, 4) is 5.75 Å². The highest BCUT2D eigenvalue weighted by atomic mass is 35.5. The number of methoxy groups -OCH3 is 1. The van der Waals surface area contributed by atoms with E-state index in [1.165, 1.54) is 7.11 Å². The van der Waals surface area contributed by atoms with Crippen molar-refractivity contribution in [1.82, 2.24) is 5.32 Å². The number of benzene rings is 1. The Bertz CT molecular complexity index is 451. The Hall–Kier alpha value is -1.79. The van der Waals surface area contributed by atoms with Gasteiger partial charge in [0, 0.05) is 18.2 Å². The molecule has 1 amide bonds. The minimum atomic E-state index is -0.441. The van der Waals surface area contributed by atoms with Crippen LogP contribution in [0, 0.1) is 5.92 Å². The molecule has 1 rings (SSSR count). The van der Waals surface area contributed by atoms with E-state index in [0.29, 0.717) is 18.0 Å². The monoisotopic (exact) mass is 316 g/mol. The largest absolute Gasteiger partial charge is 0.482 e. The third-order valence-corrected chi connectivity index (χ3v) is 2.66. The first kappa shape index (κ1) is 19.2. The number of carbonyl (C=O) groups excluding carboxylic acids is 2. The highest BCUT2D eigenvalue weighted by Gasteiger charge is 2.11. The number of hydrogen-bond donors (Lipinski definition) is 2. The van der Waals surface area contributed by atoms with E-state index in [-0.39, 0.29) is 30.8 Å². The second kappa shape index (κ2) is 10.0. The number of carbonyl (C=O) groups is 2. The van der Waals surface area contributed by atoms with Crippen molar-refractivity contribution in [2.24, 2.45) is 5.92 Å². The van der Waals surface area contributed by atoms with Crippen LogP contribution >= 0.6 is 12.4 Å². The topological polar surface area (TPSA) is 76.7 Å². The zero-order valence-corrected chi connectivity index (χ0v) is 13.2. The molecule has 0 aliphatic rings. The van der Waals surface area contributed by atoms with Crippen LogP contribution in [0.5, 0.6) is 5.75 Å². The Balaban J connectivity index is 0.00000400. The number of halogens is 1. The standard InChI is InChI=1S/C14H20N2O4.ClH/c1-10(8-15-2)14(18)16-11-4-6-12(7-5-11)20-9-13(17)19-3;/h4-7,10,15H,8-9H2,1-3H3,(H,16,18);1H. The summed E-state index contributed by atoms with van der Waals surface area (Å²) in [6.45, 7) is 2.33. The average Bonchev–Trinajstić information content (AvgIpc) is 2.46. The average molecular weight is 317 g/mol. The van der Waals surface area contributed by atoms with Crippen LogP contribution in [0.2, 0.25) is 0 Å². The summed E-state index contributed by atoms with van der Waals surface area (Å²) in [5, 5.41) is 5.76. The SMILES string of the molecule is CNCC(C)C(=O)Nc1ccc(OCC(=O)OC)cc1.Cl. The summed E-state index contributed by atoms with van der Waals surface area (Å²) in [4.78, 5) is 22.7. The third kappa shape index (κ3) is 6.97. The Labute approximate surface area is 130 Å². The number of amides is 1. The molecule has 1 unspecified atom stereocenters. The molecule has 0 saturated carbocycles. The fourth-order valence-corrected chi connectivity index (χ4v) is 1.50. The lowest BCUT2D eigenvalue weighted by atomic mass is 10.1. The first-order valence-corrected chi connectivity index (χ1v) is 6.32. The Morgan fingerprint density at radius 1 is 1.24 bits per heavy atom. The lowest BCUT2D eigenvalue weighted by molar-refractivity contribution is -0.142. The molecule has 7 heteroatoms. The van der Waals surface area contributed by atoms with Gasteiger partial charge in [-0.15, -0.1) is 12.4 Å². The minimum absolute atomic E-state index is 0. The van der Waals surface area contributed by atoms with E-state index in [1.807, 2.05) is 6.92 Å². The quantitative estimate of drug-likeness (QED) is 0.745. The van der Waals surface area contributed by atoms with E-state index in [1.54, 1.807) is 31.3 Å². The highest BCUT2D eigenvalue weighted by molar-refractivity contribution is 5.92. The minimum Gasteiger partial charge on any atom is -0.482 e. The van der Waals surface area contributed by atoms with Crippen LogP contribution in [0.1, 0.15) is 6.92 Å². The maximum Gasteiger partial charge on any atom is 0.343 e. The first-order chi connectivity index (χ1) is 9.56. The number of hydrogen-bond acceptors (Lipinski definition) is 5. The fourth-order valence-electron chi connectivity index (χ4n) is 1.50. The number of rotatable bonds is 7. The summed E-state index contributed by atoms with van der Waals surface area (Å²) >= 11 is 0. The molecule has 2 N–H and O–H groups in total. The molecular formula is C14H21ClN2O4. The second-order valence-corrected chi connectivity index (χ2v) is 4.34. The maximum atomic E-state index is 11.8. The molecule has 0 radical (unpaired) electrons. The zero-order valence-electron chi connectivity index (χ0n) is 12.3. The van der Waals surface area contributed by atoms with Gasteiger partial charge in [0.05, 0.1) is 7.11 Å². The molecule has 0 aliphatic heterocycles. The summed E-state index contributed by atoms with van der Waals surface area (Å²) in [7, 11) is 3.11. The molecule has 0 saturated heterocycles. The van der Waals surface area contributed by atoms with Gasteiger partial charge < -0.3 is 20.1 Å². The van der Waals surface area contributed by atoms with E-state index in [2.05, 4.69) is 15.4 Å². The van der Waals surface area contributed by atoms with Crippen LogP contribution in [-0.4, -0.2) is 39.2 Å². The predicted molar refractivity (Wildman–Crippen MR) is 82.9 cm³/mol. The van der Waals surface area contributed by atoms with E-state index < -0.39 is 5.97 Å². The van der Waals surface area contributed by atoms with Gasteiger partial charge in [0.25, 0.3) is 0 Å². The van der Waals surface area contributed by atoms with Crippen molar-refractivity contribution in [2.75, 3.05) is 32.6 Å². The number of anilines is 1. The number of nitrogens with one attached hydrogen (secondary N) is 2. The van der Waals surface area contributed by atoms with Crippen LogP contribution in [0.15, 0.2) is 24.3 Å². The molecule has 0 bridgehead atoms. The first-order valence-electron chi connectivity index (χ1n) is 6.32. The summed E-state index contributed by atoms with van der Waals surface area (Å²) < 4.78 is 9.68. The van der Waals surface area contributed by atoms with E-state index in [9.17, 15) is 9.59 Å². The molecule has 0 heterocycles. The van der Waals surface area contributed by atoms with Gasteiger partial charge in [-0.1, -0.05) is 6.92 Å². The van der Waals surface area contributed by atoms with Gasteiger partial charge in [-0.25, -0.2) is 4.79 Å². The van der Waals surface area contributed by atoms with Crippen molar-refractivity contribution in [1.29, 1.82) is 0 Å². The van der Waals surface area contributed by atoms with Gasteiger partial charge in [-0.05, 0) is 31.3 Å². The Kier molecular flexibility index (Phi) is 9.16. The van der Waals surface area contributed by atoms with Gasteiger partial charge in [0.15, 0.2) is 6.61 Å². The molecule has 1 atom stereocenters. The normalized spacial score (nSPS) is 11.0. The summed E-state index contributed by atoms with van der Waals surface area (Å²) in [6.07, 6.45) is 0. The van der Waals surface area contributed by atoms with Crippen molar-refractivity contribution < 1.29 is 19.1 Å². The molecule has 1 aromatic rings. The molecule has 0 aromatic heterocycles. The second-order valence-electron chi connectivity index (χ2n) is 4.34. The van der Waals surface area contributed by atoms with E-state index in [4.69, 9.17) is 4.74 Å². The lowest BCUT2D eigenvalue weighted by Crippen LogP contribution is -2.28. The molecular weight excluding hydrogens is 296 g/mol. The maximum absolute atomic E-state index is 11.8. The van der Waals surface area contributed by atoms with Gasteiger partial charge in [0.1, 0.15) is 5.75 Å². The summed E-state index contributed by atoms with van der Waals surface area (Å²) in [5.74, 6) is -0.0715. The van der Waals surface area contributed by atoms with Gasteiger partial charge in [0.2, 0.25) is 5.91 Å². The van der Waals surface area contributed by atoms with Crippen LogP contribution in [0.3, 0.4) is 0 Å². The van der Waals surface area contributed by atoms with Crippen molar-refractivity contribution in [3.05, 3.63) is 24.3 Å². The molecule has 21 heavy (non-hydrogen) atoms. The van der Waals surface area contributed by atoms with Crippen LogP contribution in [0.4, 0.5) is 5.69 Å². The lowest BCUT2D eigenvalue weighted by Gasteiger charge is -2.12.